The third-order valence-electron chi connectivity index (χ3n) is 2.57. The second kappa shape index (κ2) is 3.96. The number of likely N-dealkylation sites (N-methyl/N-ethyl adjacent to an activating group) is 2. The van der Waals surface area contributed by atoms with Crippen molar-refractivity contribution in [2.24, 2.45) is 0 Å². The highest BCUT2D eigenvalue weighted by Crippen LogP contribution is 2.15. The molecule has 1 unspecified atom stereocenters. The molecule has 0 radical (unpaired) electrons. The van der Waals surface area contributed by atoms with Gasteiger partial charge in [0.25, 0.3) is 0 Å². The van der Waals surface area contributed by atoms with Crippen LogP contribution >= 0.6 is 0 Å². The van der Waals surface area contributed by atoms with Crippen molar-refractivity contribution >= 4 is 6.03 Å². The van der Waals surface area contributed by atoms with Crippen LogP contribution in [-0.4, -0.2) is 55.1 Å². The molecule has 0 aromatic rings. The SMILES string of the molecule is CNCC1CN(C(C)C)C(=O)N1C. The summed E-state index contributed by atoms with van der Waals surface area (Å²) in [5.74, 6) is 0. The lowest BCUT2D eigenvalue weighted by molar-refractivity contribution is 0.187. The molecule has 2 amide bonds. The van der Waals surface area contributed by atoms with Gasteiger partial charge < -0.3 is 15.1 Å². The van der Waals surface area contributed by atoms with Gasteiger partial charge in [0.15, 0.2) is 0 Å². The fourth-order valence-corrected chi connectivity index (χ4v) is 1.66. The van der Waals surface area contributed by atoms with Crippen LogP contribution in [0, 0.1) is 0 Å². The molecule has 0 spiro atoms. The lowest BCUT2D eigenvalue weighted by atomic mass is 10.2. The van der Waals surface area contributed by atoms with Gasteiger partial charge in [0.1, 0.15) is 0 Å². The van der Waals surface area contributed by atoms with Crippen LogP contribution < -0.4 is 5.32 Å². The quantitative estimate of drug-likeness (QED) is 0.688. The van der Waals surface area contributed by atoms with Crippen molar-refractivity contribution in [3.8, 4) is 0 Å². The Morgan fingerprint density at radius 3 is 2.62 bits per heavy atom. The monoisotopic (exact) mass is 185 g/mol. The molecule has 0 aromatic carbocycles. The average Bonchev–Trinajstić information content (AvgIpc) is 2.33. The van der Waals surface area contributed by atoms with E-state index in [9.17, 15) is 4.79 Å². The number of hydrogen-bond donors (Lipinski definition) is 1. The Morgan fingerprint density at radius 2 is 2.23 bits per heavy atom. The lowest BCUT2D eigenvalue weighted by Crippen LogP contribution is -2.37. The summed E-state index contributed by atoms with van der Waals surface area (Å²) in [6.45, 7) is 5.81. The third kappa shape index (κ3) is 1.94. The van der Waals surface area contributed by atoms with E-state index >= 15 is 0 Å². The number of nitrogens with one attached hydrogen (secondary N) is 1. The molecule has 1 atom stereocenters. The second-order valence-electron chi connectivity index (χ2n) is 3.85. The van der Waals surface area contributed by atoms with E-state index in [4.69, 9.17) is 0 Å². The van der Waals surface area contributed by atoms with Gasteiger partial charge in [-0.05, 0) is 20.9 Å². The summed E-state index contributed by atoms with van der Waals surface area (Å²) >= 11 is 0. The maximum Gasteiger partial charge on any atom is 0.320 e. The first-order valence-electron chi connectivity index (χ1n) is 4.76. The van der Waals surface area contributed by atoms with Crippen molar-refractivity contribution in [1.82, 2.24) is 15.1 Å². The Bertz CT molecular complexity index is 193. The molecule has 0 aliphatic carbocycles. The van der Waals surface area contributed by atoms with E-state index in [1.807, 2.05) is 37.7 Å². The van der Waals surface area contributed by atoms with Gasteiger partial charge in [0.05, 0.1) is 6.04 Å². The summed E-state index contributed by atoms with van der Waals surface area (Å²) in [7, 11) is 3.78. The zero-order valence-electron chi connectivity index (χ0n) is 8.87. The van der Waals surface area contributed by atoms with Gasteiger partial charge in [-0.25, -0.2) is 4.79 Å². The average molecular weight is 185 g/mol. The molecule has 1 N–H and O–H groups in total. The predicted octanol–water partition coefficient (Wildman–Crippen LogP) is 0.350. The maximum absolute atomic E-state index is 11.7. The third-order valence-corrected chi connectivity index (χ3v) is 2.57. The van der Waals surface area contributed by atoms with Crippen molar-refractivity contribution in [3.05, 3.63) is 0 Å². The molecule has 4 heteroatoms. The van der Waals surface area contributed by atoms with E-state index in [1.165, 1.54) is 0 Å². The summed E-state index contributed by atoms with van der Waals surface area (Å²) in [4.78, 5) is 15.4. The molecular formula is C9H19N3O. The molecule has 1 saturated heterocycles. The van der Waals surface area contributed by atoms with Gasteiger partial charge in [-0.15, -0.1) is 0 Å². The lowest BCUT2D eigenvalue weighted by Gasteiger charge is -2.19. The van der Waals surface area contributed by atoms with Gasteiger partial charge in [0.2, 0.25) is 0 Å². The standard InChI is InChI=1S/C9H19N3O/c1-7(2)12-6-8(5-10-3)11(4)9(12)13/h7-8,10H,5-6H2,1-4H3. The Morgan fingerprint density at radius 1 is 1.62 bits per heavy atom. The van der Waals surface area contributed by atoms with Gasteiger partial charge in [-0.3, -0.25) is 0 Å². The van der Waals surface area contributed by atoms with Gasteiger partial charge >= 0.3 is 6.03 Å². The first kappa shape index (κ1) is 10.3. The Hall–Kier alpha value is -0.770. The Balaban J connectivity index is 2.61. The molecule has 1 aliphatic heterocycles. The fraction of sp³-hybridized carbons (Fsp3) is 0.889. The van der Waals surface area contributed by atoms with Crippen molar-refractivity contribution in [3.63, 3.8) is 0 Å². The van der Waals surface area contributed by atoms with Gasteiger partial charge in [0, 0.05) is 26.2 Å². The van der Waals surface area contributed by atoms with E-state index in [1.54, 1.807) is 0 Å². The highest BCUT2D eigenvalue weighted by atomic mass is 16.2. The molecule has 13 heavy (non-hydrogen) atoms. The van der Waals surface area contributed by atoms with Crippen LogP contribution in [0.4, 0.5) is 4.79 Å². The summed E-state index contributed by atoms with van der Waals surface area (Å²) < 4.78 is 0. The molecule has 1 fully saturated rings. The number of rotatable bonds is 3. The van der Waals surface area contributed by atoms with E-state index < -0.39 is 0 Å². The van der Waals surface area contributed by atoms with Crippen molar-refractivity contribution < 1.29 is 4.79 Å². The van der Waals surface area contributed by atoms with Gasteiger partial charge in [-0.2, -0.15) is 0 Å². The van der Waals surface area contributed by atoms with Crippen LogP contribution in [0.15, 0.2) is 0 Å². The zero-order valence-corrected chi connectivity index (χ0v) is 8.87. The number of hydrogen-bond acceptors (Lipinski definition) is 2. The smallest absolute Gasteiger partial charge is 0.320 e. The molecule has 4 nitrogen and oxygen atoms in total. The summed E-state index contributed by atoms with van der Waals surface area (Å²) in [6, 6.07) is 0.770. The minimum atomic E-state index is 0.148. The van der Waals surface area contributed by atoms with Crippen LogP contribution in [0.5, 0.6) is 0 Å². The number of amides is 2. The van der Waals surface area contributed by atoms with Crippen LogP contribution in [-0.2, 0) is 0 Å². The second-order valence-corrected chi connectivity index (χ2v) is 3.85. The van der Waals surface area contributed by atoms with E-state index in [0.29, 0.717) is 12.1 Å². The normalized spacial score (nSPS) is 23.5. The van der Waals surface area contributed by atoms with Crippen LogP contribution in [0.25, 0.3) is 0 Å². The molecule has 1 rings (SSSR count). The molecule has 1 heterocycles. The molecule has 0 saturated carbocycles. The maximum atomic E-state index is 11.7. The molecular weight excluding hydrogens is 166 g/mol. The molecule has 0 aromatic heterocycles. The fourth-order valence-electron chi connectivity index (χ4n) is 1.66. The number of urea groups is 1. The van der Waals surface area contributed by atoms with Crippen LogP contribution in [0.1, 0.15) is 13.8 Å². The highest BCUT2D eigenvalue weighted by molar-refractivity contribution is 5.77. The predicted molar refractivity (Wildman–Crippen MR) is 52.7 cm³/mol. The van der Waals surface area contributed by atoms with Crippen molar-refractivity contribution in [1.29, 1.82) is 0 Å². The summed E-state index contributed by atoms with van der Waals surface area (Å²) in [6.07, 6.45) is 0. The first-order valence-corrected chi connectivity index (χ1v) is 4.76. The minimum absolute atomic E-state index is 0.148. The van der Waals surface area contributed by atoms with E-state index in [0.717, 1.165) is 13.1 Å². The Kier molecular flexibility index (Phi) is 3.14. The van der Waals surface area contributed by atoms with Gasteiger partial charge in [-0.1, -0.05) is 0 Å². The molecule has 76 valence electrons. The Labute approximate surface area is 79.9 Å². The number of carbonyl (C=O) groups excluding carboxylic acids is 1. The van der Waals surface area contributed by atoms with Crippen molar-refractivity contribution in [2.45, 2.75) is 25.9 Å². The van der Waals surface area contributed by atoms with Crippen LogP contribution in [0.2, 0.25) is 0 Å². The highest BCUT2D eigenvalue weighted by Gasteiger charge is 2.34. The van der Waals surface area contributed by atoms with Crippen molar-refractivity contribution in [2.75, 3.05) is 27.2 Å². The topological polar surface area (TPSA) is 35.6 Å². The first-order chi connectivity index (χ1) is 6.07. The van der Waals surface area contributed by atoms with E-state index in [2.05, 4.69) is 5.32 Å². The number of carbonyl (C=O) groups is 1. The molecule has 1 aliphatic rings. The van der Waals surface area contributed by atoms with Crippen LogP contribution in [0.3, 0.4) is 0 Å². The largest absolute Gasteiger partial charge is 0.322 e. The zero-order chi connectivity index (χ0) is 10.0. The summed E-state index contributed by atoms with van der Waals surface area (Å²) in [5, 5.41) is 3.10. The minimum Gasteiger partial charge on any atom is -0.322 e. The number of nitrogens with zero attached hydrogens (tertiary/aromatic N) is 2. The molecule has 0 bridgehead atoms. The summed E-state index contributed by atoms with van der Waals surface area (Å²) in [5.41, 5.74) is 0. The van der Waals surface area contributed by atoms with E-state index in [-0.39, 0.29) is 6.03 Å².